The van der Waals surface area contributed by atoms with E-state index in [4.69, 9.17) is 4.43 Å². The normalized spacial score (nSPS) is 23.2. The van der Waals surface area contributed by atoms with Crippen molar-refractivity contribution in [3.8, 4) is 0 Å². The molecule has 1 aliphatic rings. The molecule has 0 unspecified atom stereocenters. The molecule has 0 bridgehead atoms. The molecule has 0 spiro atoms. The van der Waals surface area contributed by atoms with Crippen LogP contribution in [-0.4, -0.2) is 26.4 Å². The van der Waals surface area contributed by atoms with Crippen molar-refractivity contribution in [2.75, 3.05) is 0 Å². The minimum atomic E-state index is -1.90. The fourth-order valence-electron chi connectivity index (χ4n) is 2.23. The first-order chi connectivity index (χ1) is 9.55. The Hall–Kier alpha value is -1.31. The van der Waals surface area contributed by atoms with Crippen LogP contribution in [0.2, 0.25) is 18.1 Å². The zero-order valence-corrected chi connectivity index (χ0v) is 15.0. The first-order valence-electron chi connectivity index (χ1n) is 7.29. The molecule has 1 rings (SSSR count). The molecule has 4 heteroatoms. The summed E-state index contributed by atoms with van der Waals surface area (Å²) >= 11 is 0. The Balaban J connectivity index is 2.91. The Labute approximate surface area is 129 Å². The van der Waals surface area contributed by atoms with Crippen LogP contribution >= 0.6 is 0 Å². The molecule has 1 fully saturated rings. The van der Waals surface area contributed by atoms with Crippen LogP contribution in [0.3, 0.4) is 0 Å². The molecule has 0 aromatic heterocycles. The van der Waals surface area contributed by atoms with Gasteiger partial charge in [0, 0.05) is 5.57 Å². The molecule has 3 nitrogen and oxygen atoms in total. The Morgan fingerprint density at radius 3 is 2.38 bits per heavy atom. The first-order valence-corrected chi connectivity index (χ1v) is 10.2. The van der Waals surface area contributed by atoms with Gasteiger partial charge in [0.15, 0.2) is 8.32 Å². The van der Waals surface area contributed by atoms with Gasteiger partial charge in [0.25, 0.3) is 0 Å². The summed E-state index contributed by atoms with van der Waals surface area (Å²) in [6, 6.07) is -0.107. The molecule has 21 heavy (non-hydrogen) atoms. The third-order valence-electron chi connectivity index (χ3n) is 4.55. The maximum absolute atomic E-state index is 12.0. The van der Waals surface area contributed by atoms with Crippen LogP contribution in [0.5, 0.6) is 0 Å². The largest absolute Gasteiger partial charge is 0.413 e. The lowest BCUT2D eigenvalue weighted by molar-refractivity contribution is -0.138. The summed E-state index contributed by atoms with van der Waals surface area (Å²) in [6.07, 6.45) is 1.58. The summed E-state index contributed by atoms with van der Waals surface area (Å²) < 4.78 is 6.35. The number of amides is 1. The lowest BCUT2D eigenvalue weighted by Crippen LogP contribution is -2.64. The average molecular weight is 305 g/mol. The zero-order valence-electron chi connectivity index (χ0n) is 14.0. The number of nitrogens with one attached hydrogen (secondary N) is 1. The molecule has 116 valence electrons. The van der Waals surface area contributed by atoms with Gasteiger partial charge in [0.2, 0.25) is 5.91 Å². The van der Waals surface area contributed by atoms with E-state index in [0.717, 1.165) is 5.57 Å². The molecule has 1 aliphatic heterocycles. The predicted molar refractivity (Wildman–Crippen MR) is 89.5 cm³/mol. The van der Waals surface area contributed by atoms with Crippen molar-refractivity contribution in [2.45, 2.75) is 58.0 Å². The lowest BCUT2D eigenvalue weighted by atomic mass is 9.81. The van der Waals surface area contributed by atoms with Gasteiger partial charge in [-0.2, -0.15) is 0 Å². The Morgan fingerprint density at radius 1 is 1.43 bits per heavy atom. The van der Waals surface area contributed by atoms with Crippen LogP contribution in [0.1, 0.15) is 27.7 Å². The summed E-state index contributed by atoms with van der Waals surface area (Å²) in [5.41, 5.74) is 6.38. The Bertz CT molecular complexity index is 517. The molecule has 1 heterocycles. The lowest BCUT2D eigenvalue weighted by Gasteiger charge is -2.45. The number of rotatable bonds is 5. The highest BCUT2D eigenvalue weighted by atomic mass is 28.4. The van der Waals surface area contributed by atoms with Gasteiger partial charge in [-0.25, -0.2) is 0 Å². The Morgan fingerprint density at radius 2 is 2.00 bits per heavy atom. The summed E-state index contributed by atoms with van der Waals surface area (Å²) in [5, 5.41) is 3.01. The monoisotopic (exact) mass is 305 g/mol. The number of hydrogen-bond acceptors (Lipinski definition) is 2. The van der Waals surface area contributed by atoms with Crippen molar-refractivity contribution >= 4 is 14.2 Å². The minimum Gasteiger partial charge on any atom is -0.413 e. The SMILES string of the molecule is C=C=CC(=C=C)[C@H]1NC(=O)[C@@H]1[C@@H](C)O[Si](C)(C)C(C)(C)C. The number of hydrogen-bond donors (Lipinski definition) is 1. The van der Waals surface area contributed by atoms with Gasteiger partial charge in [0.1, 0.15) is 0 Å². The second-order valence-corrected chi connectivity index (χ2v) is 11.8. The third kappa shape index (κ3) is 3.66. The van der Waals surface area contributed by atoms with Crippen LogP contribution in [-0.2, 0) is 9.22 Å². The van der Waals surface area contributed by atoms with Gasteiger partial charge in [-0.3, -0.25) is 4.79 Å². The van der Waals surface area contributed by atoms with Crippen molar-refractivity contribution in [1.29, 1.82) is 0 Å². The van der Waals surface area contributed by atoms with E-state index in [2.05, 4.69) is 63.8 Å². The molecule has 1 amide bonds. The number of carbonyl (C=O) groups excluding carboxylic acids is 1. The van der Waals surface area contributed by atoms with Crippen molar-refractivity contribution in [3.63, 3.8) is 0 Å². The van der Waals surface area contributed by atoms with E-state index < -0.39 is 8.32 Å². The van der Waals surface area contributed by atoms with Crippen molar-refractivity contribution < 1.29 is 9.22 Å². The van der Waals surface area contributed by atoms with E-state index in [1.807, 2.05) is 6.92 Å². The van der Waals surface area contributed by atoms with Gasteiger partial charge < -0.3 is 9.74 Å². The molecule has 3 atom stereocenters. The summed E-state index contributed by atoms with van der Waals surface area (Å²) in [4.78, 5) is 12.0. The van der Waals surface area contributed by atoms with E-state index in [9.17, 15) is 4.79 Å². The average Bonchev–Trinajstić information content (AvgIpc) is 2.31. The second kappa shape index (κ2) is 6.21. The molecule has 0 radical (unpaired) electrons. The second-order valence-electron chi connectivity index (χ2n) is 7.08. The summed E-state index contributed by atoms with van der Waals surface area (Å²) in [6.45, 7) is 20.2. The fraction of sp³-hybridized carbons (Fsp3) is 0.588. The maximum atomic E-state index is 12.0. The third-order valence-corrected chi connectivity index (χ3v) is 9.12. The smallest absolute Gasteiger partial charge is 0.228 e. The van der Waals surface area contributed by atoms with E-state index in [1.165, 1.54) is 0 Å². The molecule has 0 aromatic rings. The Kier molecular flexibility index (Phi) is 5.24. The standard InChI is InChI=1S/C17H27NO2Si/c1-9-11-13(10-2)15-14(16(19)18-15)12(3)20-21(7,8)17(4,5)6/h11-12,14-15H,1-2H2,3-8H3,(H,18,19)/t12-,14-,15-/m1/s1. The molecule has 1 saturated heterocycles. The maximum Gasteiger partial charge on any atom is 0.228 e. The van der Waals surface area contributed by atoms with Crippen LogP contribution in [0.25, 0.3) is 0 Å². The number of carbonyl (C=O) groups is 1. The van der Waals surface area contributed by atoms with Crippen molar-refractivity contribution in [2.24, 2.45) is 5.92 Å². The zero-order chi connectivity index (χ0) is 16.4. The van der Waals surface area contributed by atoms with Gasteiger partial charge in [-0.05, 0) is 31.1 Å². The summed E-state index contributed by atoms with van der Waals surface area (Å²) in [7, 11) is -1.90. The van der Waals surface area contributed by atoms with Gasteiger partial charge in [0.05, 0.1) is 18.1 Å². The van der Waals surface area contributed by atoms with E-state index in [0.29, 0.717) is 0 Å². The molecule has 1 N–H and O–H groups in total. The molecule has 0 saturated carbocycles. The first kappa shape index (κ1) is 17.7. The fourth-order valence-corrected chi connectivity index (χ4v) is 3.65. The molecular formula is C17H27NO2Si. The number of β-lactam (4-membered cyclic amide) rings is 1. The minimum absolute atomic E-state index is 0.0245. The quantitative estimate of drug-likeness (QED) is 0.365. The molecule has 0 aromatic carbocycles. The topological polar surface area (TPSA) is 38.3 Å². The highest BCUT2D eigenvalue weighted by Crippen LogP contribution is 2.39. The van der Waals surface area contributed by atoms with Crippen molar-refractivity contribution in [3.05, 3.63) is 36.3 Å². The van der Waals surface area contributed by atoms with E-state index >= 15 is 0 Å². The van der Waals surface area contributed by atoms with Crippen LogP contribution in [0, 0.1) is 5.92 Å². The van der Waals surface area contributed by atoms with Gasteiger partial charge in [-0.15, -0.1) is 11.5 Å². The molecular weight excluding hydrogens is 278 g/mol. The van der Waals surface area contributed by atoms with E-state index in [1.54, 1.807) is 6.08 Å². The summed E-state index contributed by atoms with van der Waals surface area (Å²) in [5.74, 6) is -0.176. The van der Waals surface area contributed by atoms with Gasteiger partial charge in [-0.1, -0.05) is 33.9 Å². The van der Waals surface area contributed by atoms with Crippen LogP contribution < -0.4 is 5.32 Å². The predicted octanol–water partition coefficient (Wildman–Crippen LogP) is 3.56. The van der Waals surface area contributed by atoms with Crippen molar-refractivity contribution in [1.82, 2.24) is 5.32 Å². The molecule has 0 aliphatic carbocycles. The highest BCUT2D eigenvalue weighted by molar-refractivity contribution is 6.74. The van der Waals surface area contributed by atoms with Gasteiger partial charge >= 0.3 is 0 Å². The highest BCUT2D eigenvalue weighted by Gasteiger charge is 2.48. The van der Waals surface area contributed by atoms with E-state index in [-0.39, 0.29) is 29.0 Å². The van der Waals surface area contributed by atoms with Crippen LogP contribution in [0.15, 0.2) is 36.3 Å². The van der Waals surface area contributed by atoms with Crippen LogP contribution in [0.4, 0.5) is 0 Å².